The maximum atomic E-state index is 11.1. The van der Waals surface area contributed by atoms with Gasteiger partial charge in [-0.2, -0.15) is 0 Å². The smallest absolute Gasteiger partial charge is 0.253 e. The summed E-state index contributed by atoms with van der Waals surface area (Å²) in [5, 5.41) is 58.6. The summed E-state index contributed by atoms with van der Waals surface area (Å²) in [4.78, 5) is 0. The van der Waals surface area contributed by atoms with E-state index in [9.17, 15) is 20.4 Å². The maximum absolute atomic E-state index is 11.1. The zero-order valence-electron chi connectivity index (χ0n) is 21.1. The topological polar surface area (TPSA) is 168 Å². The van der Waals surface area contributed by atoms with Gasteiger partial charge in [0.25, 0.3) is 23.6 Å². The van der Waals surface area contributed by atoms with E-state index in [1.807, 2.05) is 0 Å². The summed E-state index contributed by atoms with van der Waals surface area (Å²) in [6.45, 7) is 0. The number of phenolic OH excluding ortho intramolecular Hbond substituents is 4. The fourth-order valence-corrected chi connectivity index (χ4v) is 4.76. The van der Waals surface area contributed by atoms with E-state index in [4.69, 9.17) is 13.6 Å². The second-order valence-corrected chi connectivity index (χ2v) is 9.60. The van der Waals surface area contributed by atoms with Crippen LogP contribution >= 0.6 is 15.9 Å². The van der Waals surface area contributed by atoms with Gasteiger partial charge in [-0.3, -0.25) is 0 Å². The molecule has 0 saturated carbocycles. The summed E-state index contributed by atoms with van der Waals surface area (Å²) in [5.41, 5.74) is 1.99. The average molecular weight is 615 g/mol. The van der Waals surface area contributed by atoms with Crippen LogP contribution < -0.4 is 4.74 Å². The summed E-state index contributed by atoms with van der Waals surface area (Å²) in [6.07, 6.45) is 0. The van der Waals surface area contributed by atoms with Crippen LogP contribution in [0.15, 0.2) is 86.1 Å². The number of para-hydroxylation sites is 2. The molecule has 204 valence electrons. The molecule has 0 unspecified atom stereocenters. The number of nitrogens with zero attached hydrogens (tertiary/aromatic N) is 4. The molecule has 0 fully saturated rings. The number of hydrogen-bond donors (Lipinski definition) is 4. The van der Waals surface area contributed by atoms with E-state index in [1.165, 1.54) is 19.2 Å². The van der Waals surface area contributed by atoms with E-state index in [2.05, 4.69) is 36.3 Å². The van der Waals surface area contributed by atoms with Gasteiger partial charge < -0.3 is 34.0 Å². The largest absolute Gasteiger partial charge is 0.507 e. The molecule has 11 nitrogen and oxygen atoms in total. The number of aromatic hydroxyl groups is 4. The van der Waals surface area contributed by atoms with Crippen molar-refractivity contribution in [3.05, 3.63) is 77.3 Å². The molecule has 6 rings (SSSR count). The minimum absolute atomic E-state index is 0.0127. The third-order valence-corrected chi connectivity index (χ3v) is 6.97. The van der Waals surface area contributed by atoms with Gasteiger partial charge in [-0.25, -0.2) is 0 Å². The molecule has 41 heavy (non-hydrogen) atoms. The van der Waals surface area contributed by atoms with Gasteiger partial charge in [-0.05, 0) is 64.0 Å². The molecule has 0 aliphatic carbocycles. The lowest BCUT2D eigenvalue weighted by atomic mass is 9.99. The van der Waals surface area contributed by atoms with E-state index in [0.29, 0.717) is 21.2 Å². The highest BCUT2D eigenvalue weighted by Crippen LogP contribution is 2.44. The van der Waals surface area contributed by atoms with Crippen LogP contribution in [0, 0.1) is 0 Å². The fraction of sp³-hybridized carbons (Fsp3) is 0.0345. The number of methoxy groups -OCH3 is 1. The monoisotopic (exact) mass is 614 g/mol. The van der Waals surface area contributed by atoms with Crippen LogP contribution in [-0.4, -0.2) is 47.9 Å². The first-order valence-corrected chi connectivity index (χ1v) is 12.8. The van der Waals surface area contributed by atoms with Gasteiger partial charge in [0.1, 0.15) is 17.2 Å². The summed E-state index contributed by atoms with van der Waals surface area (Å²) in [5.74, 6) is -0.127. The Kier molecular flexibility index (Phi) is 6.52. The van der Waals surface area contributed by atoms with Crippen molar-refractivity contribution >= 4 is 15.9 Å². The molecule has 0 radical (unpaired) electrons. The Hall–Kier alpha value is -5.36. The Balaban J connectivity index is 1.32. The van der Waals surface area contributed by atoms with Gasteiger partial charge in [-0.1, -0.05) is 30.3 Å². The van der Waals surface area contributed by atoms with Crippen LogP contribution in [0.25, 0.3) is 56.9 Å². The molecule has 0 bridgehead atoms. The van der Waals surface area contributed by atoms with Crippen LogP contribution in [0.5, 0.6) is 28.7 Å². The Morgan fingerprint density at radius 3 is 1.93 bits per heavy atom. The second kappa shape index (κ2) is 10.3. The summed E-state index contributed by atoms with van der Waals surface area (Å²) in [7, 11) is 1.43. The van der Waals surface area contributed by atoms with E-state index in [-0.39, 0.29) is 69.0 Å². The van der Waals surface area contributed by atoms with Gasteiger partial charge in [-0.15, -0.1) is 20.4 Å². The highest BCUT2D eigenvalue weighted by molar-refractivity contribution is 9.10. The lowest BCUT2D eigenvalue weighted by Crippen LogP contribution is -1.88. The minimum Gasteiger partial charge on any atom is -0.507 e. The van der Waals surface area contributed by atoms with Gasteiger partial charge in [0, 0.05) is 10.0 Å². The van der Waals surface area contributed by atoms with Crippen molar-refractivity contribution in [2.24, 2.45) is 0 Å². The molecule has 4 N–H and O–H groups in total. The first-order valence-electron chi connectivity index (χ1n) is 12.0. The van der Waals surface area contributed by atoms with Crippen LogP contribution in [0.2, 0.25) is 0 Å². The van der Waals surface area contributed by atoms with E-state index < -0.39 is 0 Å². The number of rotatable bonds is 6. The molecule has 0 atom stereocenters. The molecular weight excluding hydrogens is 596 g/mol. The Morgan fingerprint density at radius 1 is 0.610 bits per heavy atom. The van der Waals surface area contributed by atoms with Crippen molar-refractivity contribution in [1.29, 1.82) is 0 Å². The number of hydrogen-bond acceptors (Lipinski definition) is 11. The average Bonchev–Trinajstić information content (AvgIpc) is 3.64. The van der Waals surface area contributed by atoms with Gasteiger partial charge in [0.15, 0.2) is 11.5 Å². The fourth-order valence-electron chi connectivity index (χ4n) is 4.27. The van der Waals surface area contributed by atoms with Crippen molar-refractivity contribution in [2.45, 2.75) is 0 Å². The molecule has 0 aliphatic heterocycles. The predicted molar refractivity (Wildman–Crippen MR) is 150 cm³/mol. The summed E-state index contributed by atoms with van der Waals surface area (Å²) < 4.78 is 17.2. The van der Waals surface area contributed by atoms with E-state index in [1.54, 1.807) is 60.7 Å². The zero-order valence-corrected chi connectivity index (χ0v) is 22.7. The number of phenols is 4. The summed E-state index contributed by atoms with van der Waals surface area (Å²) in [6, 6.07) is 19.4. The number of halogens is 1. The van der Waals surface area contributed by atoms with Crippen molar-refractivity contribution in [1.82, 2.24) is 20.4 Å². The molecule has 0 saturated heterocycles. The quantitative estimate of drug-likeness (QED) is 0.164. The molecule has 0 spiro atoms. The van der Waals surface area contributed by atoms with Crippen LogP contribution in [0.4, 0.5) is 0 Å². The molecule has 6 aromatic rings. The lowest BCUT2D eigenvalue weighted by Gasteiger charge is -2.09. The molecule has 2 aromatic heterocycles. The van der Waals surface area contributed by atoms with Crippen molar-refractivity contribution in [3.8, 4) is 85.7 Å². The Bertz CT molecular complexity index is 1920. The molecule has 12 heteroatoms. The van der Waals surface area contributed by atoms with Crippen LogP contribution in [0.3, 0.4) is 0 Å². The maximum Gasteiger partial charge on any atom is 0.253 e. The standard InChI is InChI=1S/C29H19BrN4O7/c1-39-22-12-11-19(30)23(25(22)38)29-34-32-27(41-29)17-10-9-14(13-21(17)36)15-6-4-7-18(24(15)37)28-33-31-26(40-28)16-5-2-3-8-20(16)35/h2-13,35-38H,1H3. The Morgan fingerprint density at radius 2 is 1.22 bits per heavy atom. The van der Waals surface area contributed by atoms with Crippen LogP contribution in [-0.2, 0) is 0 Å². The first-order chi connectivity index (χ1) is 19.9. The SMILES string of the molecule is COc1ccc(Br)c(-c2nnc(-c3ccc(-c4cccc(-c5nnc(-c6ccccc6O)o5)c4O)cc3O)o2)c1O. The first kappa shape index (κ1) is 25.9. The molecule has 0 amide bonds. The highest BCUT2D eigenvalue weighted by Gasteiger charge is 2.23. The third-order valence-electron chi connectivity index (χ3n) is 6.31. The molecule has 0 aliphatic rings. The molecular formula is C29H19BrN4O7. The van der Waals surface area contributed by atoms with Crippen molar-refractivity contribution in [3.63, 3.8) is 0 Å². The second-order valence-electron chi connectivity index (χ2n) is 8.75. The van der Waals surface area contributed by atoms with Gasteiger partial charge in [0.2, 0.25) is 0 Å². The van der Waals surface area contributed by atoms with Crippen molar-refractivity contribution < 1.29 is 34.0 Å². The predicted octanol–water partition coefficient (Wildman–Crippen LogP) is 6.38. The molecule has 4 aromatic carbocycles. The van der Waals surface area contributed by atoms with Gasteiger partial charge in [0.05, 0.1) is 29.4 Å². The van der Waals surface area contributed by atoms with E-state index >= 15 is 0 Å². The number of benzene rings is 4. The van der Waals surface area contributed by atoms with Crippen molar-refractivity contribution in [2.75, 3.05) is 7.11 Å². The van der Waals surface area contributed by atoms with Gasteiger partial charge >= 0.3 is 0 Å². The number of ether oxygens (including phenoxy) is 1. The van der Waals surface area contributed by atoms with Crippen LogP contribution in [0.1, 0.15) is 0 Å². The Labute approximate surface area is 240 Å². The highest BCUT2D eigenvalue weighted by atomic mass is 79.9. The van der Waals surface area contributed by atoms with E-state index in [0.717, 1.165) is 0 Å². The third kappa shape index (κ3) is 4.59. The zero-order chi connectivity index (χ0) is 28.7. The molecule has 2 heterocycles. The number of aromatic nitrogens is 4. The summed E-state index contributed by atoms with van der Waals surface area (Å²) >= 11 is 3.37. The minimum atomic E-state index is -0.184. The normalized spacial score (nSPS) is 11.1. The lowest BCUT2D eigenvalue weighted by molar-refractivity contribution is 0.373.